The van der Waals surface area contributed by atoms with Gasteiger partial charge < -0.3 is 20.3 Å². The highest BCUT2D eigenvalue weighted by Gasteiger charge is 2.05. The second-order valence-corrected chi connectivity index (χ2v) is 5.98. The van der Waals surface area contributed by atoms with Gasteiger partial charge in [-0.3, -0.25) is 4.79 Å². The van der Waals surface area contributed by atoms with E-state index in [4.69, 9.17) is 4.74 Å². The second kappa shape index (κ2) is 10.3. The Morgan fingerprint density at radius 2 is 1.73 bits per heavy atom. The first-order valence-electron chi connectivity index (χ1n) is 9.15. The van der Waals surface area contributed by atoms with Crippen molar-refractivity contribution in [1.82, 2.24) is 5.32 Å². The molecule has 2 aromatic rings. The van der Waals surface area contributed by atoms with Gasteiger partial charge in [-0.2, -0.15) is 0 Å². The van der Waals surface area contributed by atoms with Gasteiger partial charge in [0.15, 0.2) is 0 Å². The number of nitrogens with one attached hydrogen (secondary N) is 2. The van der Waals surface area contributed by atoms with E-state index in [0.29, 0.717) is 6.54 Å². The SMILES string of the molecule is CCN(CC)c1ccc(NCC(=O)NCCc2ccccc2OC)cc1. The normalized spacial score (nSPS) is 10.3. The summed E-state index contributed by atoms with van der Waals surface area (Å²) in [5, 5.41) is 6.10. The summed E-state index contributed by atoms with van der Waals surface area (Å²) < 4.78 is 5.32. The van der Waals surface area contributed by atoms with Gasteiger partial charge in [0.1, 0.15) is 5.75 Å². The zero-order chi connectivity index (χ0) is 18.8. The van der Waals surface area contributed by atoms with Gasteiger partial charge in [0.2, 0.25) is 5.91 Å². The number of benzene rings is 2. The fourth-order valence-electron chi connectivity index (χ4n) is 2.87. The molecule has 0 bridgehead atoms. The number of rotatable bonds is 10. The molecule has 0 saturated carbocycles. The molecule has 2 N–H and O–H groups in total. The minimum Gasteiger partial charge on any atom is -0.496 e. The quantitative estimate of drug-likeness (QED) is 0.686. The molecule has 0 spiro atoms. The van der Waals surface area contributed by atoms with Crippen molar-refractivity contribution in [3.05, 3.63) is 54.1 Å². The van der Waals surface area contributed by atoms with E-state index in [0.717, 1.165) is 36.5 Å². The molecule has 2 aromatic carbocycles. The summed E-state index contributed by atoms with van der Waals surface area (Å²) in [4.78, 5) is 14.3. The Balaban J connectivity index is 1.75. The Bertz CT molecular complexity index is 682. The monoisotopic (exact) mass is 355 g/mol. The Kier molecular flexibility index (Phi) is 7.80. The van der Waals surface area contributed by atoms with Crippen LogP contribution < -0.4 is 20.3 Å². The summed E-state index contributed by atoms with van der Waals surface area (Å²) in [5.41, 5.74) is 3.23. The number of nitrogens with zero attached hydrogens (tertiary/aromatic N) is 1. The molecule has 0 atom stereocenters. The number of para-hydroxylation sites is 1. The van der Waals surface area contributed by atoms with Gasteiger partial charge in [-0.05, 0) is 56.2 Å². The van der Waals surface area contributed by atoms with Crippen molar-refractivity contribution in [3.8, 4) is 5.75 Å². The van der Waals surface area contributed by atoms with Gasteiger partial charge in [0, 0.05) is 31.0 Å². The number of hydrogen-bond acceptors (Lipinski definition) is 4. The largest absolute Gasteiger partial charge is 0.496 e. The Morgan fingerprint density at radius 3 is 2.38 bits per heavy atom. The highest BCUT2D eigenvalue weighted by atomic mass is 16.5. The van der Waals surface area contributed by atoms with Crippen LogP contribution >= 0.6 is 0 Å². The lowest BCUT2D eigenvalue weighted by Gasteiger charge is -2.21. The smallest absolute Gasteiger partial charge is 0.239 e. The van der Waals surface area contributed by atoms with Crippen molar-refractivity contribution in [2.45, 2.75) is 20.3 Å². The molecular weight excluding hydrogens is 326 g/mol. The summed E-state index contributed by atoms with van der Waals surface area (Å²) in [6.45, 7) is 7.10. The van der Waals surface area contributed by atoms with Gasteiger partial charge in [-0.15, -0.1) is 0 Å². The van der Waals surface area contributed by atoms with Crippen molar-refractivity contribution in [2.24, 2.45) is 0 Å². The maximum Gasteiger partial charge on any atom is 0.239 e. The average molecular weight is 355 g/mol. The van der Waals surface area contributed by atoms with E-state index in [1.807, 2.05) is 36.4 Å². The molecular formula is C21H29N3O2. The van der Waals surface area contributed by atoms with Crippen LogP contribution in [0.5, 0.6) is 5.75 Å². The lowest BCUT2D eigenvalue weighted by atomic mass is 10.1. The first kappa shape index (κ1) is 19.6. The fourth-order valence-corrected chi connectivity index (χ4v) is 2.87. The van der Waals surface area contributed by atoms with Crippen molar-refractivity contribution < 1.29 is 9.53 Å². The zero-order valence-electron chi connectivity index (χ0n) is 15.9. The number of anilines is 2. The second-order valence-electron chi connectivity index (χ2n) is 5.98. The zero-order valence-corrected chi connectivity index (χ0v) is 15.9. The van der Waals surface area contributed by atoms with Crippen LogP contribution in [0.15, 0.2) is 48.5 Å². The lowest BCUT2D eigenvalue weighted by Crippen LogP contribution is -2.31. The molecule has 0 radical (unpaired) electrons. The average Bonchev–Trinajstić information content (AvgIpc) is 2.68. The van der Waals surface area contributed by atoms with Crippen molar-refractivity contribution >= 4 is 17.3 Å². The van der Waals surface area contributed by atoms with Crippen LogP contribution in [0.2, 0.25) is 0 Å². The molecule has 1 amide bonds. The molecule has 0 aliphatic rings. The maximum atomic E-state index is 12.0. The molecule has 0 aromatic heterocycles. The highest BCUT2D eigenvalue weighted by Crippen LogP contribution is 2.18. The van der Waals surface area contributed by atoms with Gasteiger partial charge in [-0.1, -0.05) is 18.2 Å². The van der Waals surface area contributed by atoms with E-state index in [1.54, 1.807) is 7.11 Å². The third-order valence-corrected chi connectivity index (χ3v) is 4.36. The number of carbonyl (C=O) groups excluding carboxylic acids is 1. The first-order chi connectivity index (χ1) is 12.7. The predicted octanol–water partition coefficient (Wildman–Crippen LogP) is 3.31. The first-order valence-corrected chi connectivity index (χ1v) is 9.15. The van der Waals surface area contributed by atoms with E-state index in [2.05, 4.69) is 41.5 Å². The summed E-state index contributed by atoms with van der Waals surface area (Å²) in [6, 6.07) is 16.0. The number of ether oxygens (including phenoxy) is 1. The molecule has 0 aliphatic carbocycles. The fraction of sp³-hybridized carbons (Fsp3) is 0.381. The van der Waals surface area contributed by atoms with E-state index in [9.17, 15) is 4.79 Å². The molecule has 2 rings (SSSR count). The molecule has 0 heterocycles. The number of carbonyl (C=O) groups is 1. The van der Waals surface area contributed by atoms with Crippen molar-refractivity contribution in [3.63, 3.8) is 0 Å². The van der Waals surface area contributed by atoms with Crippen LogP contribution in [0, 0.1) is 0 Å². The molecule has 5 heteroatoms. The third kappa shape index (κ3) is 5.69. The Labute approximate surface area is 156 Å². The van der Waals surface area contributed by atoms with Crippen LogP contribution in [0.4, 0.5) is 11.4 Å². The maximum absolute atomic E-state index is 12.0. The molecule has 0 aliphatic heterocycles. The Morgan fingerprint density at radius 1 is 1.04 bits per heavy atom. The summed E-state index contributed by atoms with van der Waals surface area (Å²) in [6.07, 6.45) is 0.744. The minimum absolute atomic E-state index is 0.0206. The molecule has 26 heavy (non-hydrogen) atoms. The molecule has 140 valence electrons. The molecule has 0 saturated heterocycles. The lowest BCUT2D eigenvalue weighted by molar-refractivity contribution is -0.119. The van der Waals surface area contributed by atoms with Crippen LogP contribution in [-0.2, 0) is 11.2 Å². The molecule has 0 unspecified atom stereocenters. The highest BCUT2D eigenvalue weighted by molar-refractivity contribution is 5.80. The predicted molar refractivity (Wildman–Crippen MR) is 108 cm³/mol. The number of methoxy groups -OCH3 is 1. The van der Waals surface area contributed by atoms with Gasteiger partial charge in [0.25, 0.3) is 0 Å². The van der Waals surface area contributed by atoms with E-state index < -0.39 is 0 Å². The van der Waals surface area contributed by atoms with Crippen molar-refractivity contribution in [1.29, 1.82) is 0 Å². The topological polar surface area (TPSA) is 53.6 Å². The van der Waals surface area contributed by atoms with Crippen LogP contribution in [0.3, 0.4) is 0 Å². The van der Waals surface area contributed by atoms with Gasteiger partial charge in [-0.25, -0.2) is 0 Å². The van der Waals surface area contributed by atoms with E-state index in [-0.39, 0.29) is 12.5 Å². The minimum atomic E-state index is -0.0206. The standard InChI is InChI=1S/C21H29N3O2/c1-4-24(5-2)19-12-10-18(11-13-19)23-16-21(25)22-15-14-17-8-6-7-9-20(17)26-3/h6-13,23H,4-5,14-16H2,1-3H3,(H,22,25). The van der Waals surface area contributed by atoms with Crippen LogP contribution in [-0.4, -0.2) is 39.2 Å². The summed E-state index contributed by atoms with van der Waals surface area (Å²) >= 11 is 0. The van der Waals surface area contributed by atoms with Crippen LogP contribution in [0.25, 0.3) is 0 Å². The Hall–Kier alpha value is -2.69. The van der Waals surface area contributed by atoms with Crippen LogP contribution in [0.1, 0.15) is 19.4 Å². The summed E-state index contributed by atoms with van der Waals surface area (Å²) in [7, 11) is 1.66. The third-order valence-electron chi connectivity index (χ3n) is 4.36. The van der Waals surface area contributed by atoms with Gasteiger partial charge in [0.05, 0.1) is 13.7 Å². The molecule has 5 nitrogen and oxygen atoms in total. The van der Waals surface area contributed by atoms with E-state index >= 15 is 0 Å². The van der Waals surface area contributed by atoms with E-state index in [1.165, 1.54) is 5.69 Å². The van der Waals surface area contributed by atoms with Crippen molar-refractivity contribution in [2.75, 3.05) is 43.5 Å². The summed E-state index contributed by atoms with van der Waals surface area (Å²) in [5.74, 6) is 0.834. The number of hydrogen-bond donors (Lipinski definition) is 2. The van der Waals surface area contributed by atoms with Gasteiger partial charge >= 0.3 is 0 Å². The molecule has 0 fully saturated rings. The number of amides is 1.